The lowest BCUT2D eigenvalue weighted by Gasteiger charge is -2.24. The highest BCUT2D eigenvalue weighted by atomic mass is 32.1. The summed E-state index contributed by atoms with van der Waals surface area (Å²) in [5.41, 5.74) is 2.10. The summed E-state index contributed by atoms with van der Waals surface area (Å²) in [5, 5.41) is 12.0. The highest BCUT2D eigenvalue weighted by Gasteiger charge is 2.17. The number of nitrogens with one attached hydrogen (secondary N) is 1. The average molecular weight is 227 g/mol. The summed E-state index contributed by atoms with van der Waals surface area (Å²) in [6.07, 6.45) is 5.22. The van der Waals surface area contributed by atoms with Crippen LogP contribution in [0.5, 0.6) is 0 Å². The number of anilines is 1. The van der Waals surface area contributed by atoms with Gasteiger partial charge in [0.15, 0.2) is 0 Å². The van der Waals surface area contributed by atoms with E-state index in [4.69, 9.17) is 0 Å². The zero-order chi connectivity index (χ0) is 11.1. The Hall–Kier alpha value is -0.640. The summed E-state index contributed by atoms with van der Waals surface area (Å²) >= 11 is 1.56. The van der Waals surface area contributed by atoms with E-state index in [0.717, 1.165) is 11.7 Å². The third-order valence-electron chi connectivity index (χ3n) is 2.54. The monoisotopic (exact) mass is 227 g/mol. The number of unbranched alkanes of at least 4 members (excludes halogenated alkanes) is 2. The molecule has 1 aromatic rings. The van der Waals surface area contributed by atoms with E-state index in [1.807, 2.05) is 0 Å². The minimum absolute atomic E-state index is 0.348. The molecule has 86 valence electrons. The molecule has 1 heterocycles. The lowest BCUT2D eigenvalue weighted by Crippen LogP contribution is -2.23. The summed E-state index contributed by atoms with van der Waals surface area (Å²) in [7, 11) is 0. The van der Waals surface area contributed by atoms with Crippen molar-refractivity contribution in [2.24, 2.45) is 5.41 Å². The largest absolute Gasteiger partial charge is 0.360 e. The molecule has 0 spiro atoms. The summed E-state index contributed by atoms with van der Waals surface area (Å²) in [6, 6.07) is 0. The molecular formula is C11H21N3S. The van der Waals surface area contributed by atoms with Gasteiger partial charge < -0.3 is 5.32 Å². The van der Waals surface area contributed by atoms with E-state index in [-0.39, 0.29) is 0 Å². The van der Waals surface area contributed by atoms with Gasteiger partial charge in [-0.15, -0.1) is 10.2 Å². The number of hydrogen-bond acceptors (Lipinski definition) is 4. The molecule has 0 saturated carbocycles. The Morgan fingerprint density at radius 3 is 2.80 bits per heavy atom. The van der Waals surface area contributed by atoms with Crippen LogP contribution in [0.4, 0.5) is 5.13 Å². The van der Waals surface area contributed by atoms with Crippen LogP contribution in [-0.2, 0) is 0 Å². The van der Waals surface area contributed by atoms with E-state index in [1.54, 1.807) is 16.8 Å². The van der Waals surface area contributed by atoms with Gasteiger partial charge in [0.1, 0.15) is 5.51 Å². The maximum Gasteiger partial charge on any atom is 0.205 e. The second-order valence-electron chi connectivity index (χ2n) is 4.72. The number of rotatable bonds is 7. The van der Waals surface area contributed by atoms with Crippen molar-refractivity contribution in [3.8, 4) is 0 Å². The maximum atomic E-state index is 3.97. The lowest BCUT2D eigenvalue weighted by atomic mass is 9.87. The molecule has 1 N–H and O–H groups in total. The molecule has 0 fully saturated rings. The van der Waals surface area contributed by atoms with Gasteiger partial charge in [0.25, 0.3) is 0 Å². The molecule has 0 aromatic carbocycles. The molecule has 0 saturated heterocycles. The first-order valence-electron chi connectivity index (χ1n) is 5.64. The van der Waals surface area contributed by atoms with Crippen LogP contribution in [-0.4, -0.2) is 16.7 Å². The fourth-order valence-electron chi connectivity index (χ4n) is 1.51. The summed E-state index contributed by atoms with van der Waals surface area (Å²) < 4.78 is 0. The maximum absolute atomic E-state index is 3.97. The van der Waals surface area contributed by atoms with Gasteiger partial charge in [-0.25, -0.2) is 0 Å². The van der Waals surface area contributed by atoms with Gasteiger partial charge >= 0.3 is 0 Å². The Labute approximate surface area is 96.3 Å². The fraction of sp³-hybridized carbons (Fsp3) is 0.818. The topological polar surface area (TPSA) is 37.8 Å². The smallest absolute Gasteiger partial charge is 0.205 e. The molecule has 0 aliphatic heterocycles. The fourth-order valence-corrected chi connectivity index (χ4v) is 1.95. The van der Waals surface area contributed by atoms with Crippen molar-refractivity contribution in [1.82, 2.24) is 10.2 Å². The average Bonchev–Trinajstić information content (AvgIpc) is 2.68. The molecule has 1 rings (SSSR count). The quantitative estimate of drug-likeness (QED) is 0.724. The number of hydrogen-bond donors (Lipinski definition) is 1. The summed E-state index contributed by atoms with van der Waals surface area (Å²) in [5.74, 6) is 0. The molecule has 0 aliphatic carbocycles. The van der Waals surface area contributed by atoms with E-state index >= 15 is 0 Å². The first-order chi connectivity index (χ1) is 7.14. The summed E-state index contributed by atoms with van der Waals surface area (Å²) in [6.45, 7) is 7.83. The Kier molecular flexibility index (Phi) is 5.02. The van der Waals surface area contributed by atoms with Crippen LogP contribution < -0.4 is 5.32 Å². The van der Waals surface area contributed by atoms with Crippen molar-refractivity contribution in [1.29, 1.82) is 0 Å². The Morgan fingerprint density at radius 2 is 2.20 bits per heavy atom. The van der Waals surface area contributed by atoms with Gasteiger partial charge in [-0.3, -0.25) is 0 Å². The first-order valence-corrected chi connectivity index (χ1v) is 6.52. The van der Waals surface area contributed by atoms with Crippen LogP contribution in [0.3, 0.4) is 0 Å². The minimum Gasteiger partial charge on any atom is -0.360 e. The predicted molar refractivity (Wildman–Crippen MR) is 66.3 cm³/mol. The van der Waals surface area contributed by atoms with E-state index < -0.39 is 0 Å². The number of aromatic nitrogens is 2. The van der Waals surface area contributed by atoms with Crippen molar-refractivity contribution in [3.05, 3.63) is 5.51 Å². The molecule has 3 nitrogen and oxygen atoms in total. The Balaban J connectivity index is 2.23. The molecule has 0 atom stereocenters. The van der Waals surface area contributed by atoms with Crippen LogP contribution in [0, 0.1) is 5.41 Å². The molecule has 0 radical (unpaired) electrons. The van der Waals surface area contributed by atoms with Gasteiger partial charge in [-0.1, -0.05) is 51.4 Å². The normalized spacial score (nSPS) is 11.7. The molecule has 0 bridgehead atoms. The molecule has 4 heteroatoms. The second-order valence-corrected chi connectivity index (χ2v) is 5.55. The van der Waals surface area contributed by atoms with Gasteiger partial charge in [0.2, 0.25) is 5.13 Å². The van der Waals surface area contributed by atoms with Gasteiger partial charge in [-0.05, 0) is 11.8 Å². The van der Waals surface area contributed by atoms with Crippen molar-refractivity contribution >= 4 is 16.5 Å². The van der Waals surface area contributed by atoms with Crippen molar-refractivity contribution in [2.45, 2.75) is 46.5 Å². The highest BCUT2D eigenvalue weighted by molar-refractivity contribution is 7.13. The Bertz CT molecular complexity index is 257. The molecule has 0 unspecified atom stereocenters. The number of nitrogens with zero attached hydrogens (tertiary/aromatic N) is 2. The van der Waals surface area contributed by atoms with E-state index in [2.05, 4.69) is 36.3 Å². The zero-order valence-electron chi connectivity index (χ0n) is 9.92. The Morgan fingerprint density at radius 1 is 1.40 bits per heavy atom. The van der Waals surface area contributed by atoms with E-state index in [1.165, 1.54) is 25.7 Å². The highest BCUT2D eigenvalue weighted by Crippen LogP contribution is 2.24. The van der Waals surface area contributed by atoms with Crippen LogP contribution in [0.1, 0.15) is 46.5 Å². The minimum atomic E-state index is 0.348. The predicted octanol–water partition coefficient (Wildman–Crippen LogP) is 3.56. The third-order valence-corrected chi connectivity index (χ3v) is 3.18. The van der Waals surface area contributed by atoms with Crippen LogP contribution in [0.25, 0.3) is 0 Å². The van der Waals surface area contributed by atoms with E-state index in [0.29, 0.717) is 5.41 Å². The van der Waals surface area contributed by atoms with Crippen LogP contribution in [0.15, 0.2) is 5.51 Å². The van der Waals surface area contributed by atoms with Crippen LogP contribution >= 0.6 is 11.3 Å². The molecule has 0 amide bonds. The van der Waals surface area contributed by atoms with Gasteiger partial charge in [-0.2, -0.15) is 0 Å². The molecule has 15 heavy (non-hydrogen) atoms. The SMILES string of the molecule is CCCCCC(C)(C)CNc1nncs1. The first kappa shape index (κ1) is 12.4. The zero-order valence-corrected chi connectivity index (χ0v) is 10.7. The summed E-state index contributed by atoms with van der Waals surface area (Å²) in [4.78, 5) is 0. The van der Waals surface area contributed by atoms with Gasteiger partial charge in [0.05, 0.1) is 0 Å². The van der Waals surface area contributed by atoms with Crippen molar-refractivity contribution in [2.75, 3.05) is 11.9 Å². The van der Waals surface area contributed by atoms with Crippen LogP contribution in [0.2, 0.25) is 0 Å². The standard InChI is InChI=1S/C11H21N3S/c1-4-5-6-7-11(2,3)8-12-10-14-13-9-15-10/h9H,4-8H2,1-3H3,(H,12,14). The van der Waals surface area contributed by atoms with Crippen molar-refractivity contribution < 1.29 is 0 Å². The third kappa shape index (κ3) is 5.11. The van der Waals surface area contributed by atoms with Crippen molar-refractivity contribution in [3.63, 3.8) is 0 Å². The van der Waals surface area contributed by atoms with Gasteiger partial charge in [0, 0.05) is 6.54 Å². The lowest BCUT2D eigenvalue weighted by molar-refractivity contribution is 0.342. The molecule has 1 aromatic heterocycles. The molecular weight excluding hydrogens is 206 g/mol. The van der Waals surface area contributed by atoms with E-state index in [9.17, 15) is 0 Å². The second kappa shape index (κ2) is 6.05. The molecule has 0 aliphatic rings.